The number of esters is 1. The Morgan fingerprint density at radius 1 is 1.24 bits per heavy atom. The molecule has 0 spiro atoms. The first kappa shape index (κ1) is 17.3. The van der Waals surface area contributed by atoms with Gasteiger partial charge in [0, 0.05) is 12.2 Å². The van der Waals surface area contributed by atoms with Crippen molar-refractivity contribution in [2.24, 2.45) is 5.92 Å². The number of carbonyl (C=O) groups excluding carboxylic acids is 1. The highest BCUT2D eigenvalue weighted by Gasteiger charge is 2.22. The lowest BCUT2D eigenvalue weighted by Crippen LogP contribution is -2.35. The van der Waals surface area contributed by atoms with Gasteiger partial charge in [-0.2, -0.15) is 0 Å². The third-order valence-electron chi connectivity index (χ3n) is 3.11. The van der Waals surface area contributed by atoms with Gasteiger partial charge in [-0.25, -0.2) is 4.79 Å². The maximum absolute atomic E-state index is 11.7. The normalized spacial score (nSPS) is 12.3. The number of hydrogen-bond acceptors (Lipinski definition) is 5. The molecule has 1 aromatic rings. The van der Waals surface area contributed by atoms with E-state index in [9.17, 15) is 4.79 Å². The highest BCUT2D eigenvalue weighted by Crippen LogP contribution is 2.18. The molecule has 0 aliphatic rings. The zero-order chi connectivity index (χ0) is 15.8. The SMILES string of the molecule is COC(=O)C(Nc1ccc(OCCN(C)C)cc1)C(C)C. The van der Waals surface area contributed by atoms with E-state index in [0.717, 1.165) is 18.0 Å². The first-order valence-corrected chi connectivity index (χ1v) is 7.16. The number of rotatable bonds is 8. The van der Waals surface area contributed by atoms with E-state index < -0.39 is 0 Å². The molecule has 1 rings (SSSR count). The fraction of sp³-hybridized carbons (Fsp3) is 0.562. The Morgan fingerprint density at radius 2 is 1.86 bits per heavy atom. The van der Waals surface area contributed by atoms with E-state index in [1.807, 2.05) is 52.2 Å². The van der Waals surface area contributed by atoms with Crippen LogP contribution in [0.2, 0.25) is 0 Å². The third-order valence-corrected chi connectivity index (χ3v) is 3.11. The van der Waals surface area contributed by atoms with Crippen molar-refractivity contribution in [2.75, 3.05) is 39.7 Å². The van der Waals surface area contributed by atoms with Crippen LogP contribution in [0.25, 0.3) is 0 Å². The van der Waals surface area contributed by atoms with E-state index in [1.54, 1.807) is 0 Å². The van der Waals surface area contributed by atoms with Gasteiger partial charge in [0.05, 0.1) is 7.11 Å². The minimum absolute atomic E-state index is 0.147. The van der Waals surface area contributed by atoms with Crippen molar-refractivity contribution in [1.29, 1.82) is 0 Å². The average molecular weight is 294 g/mol. The Balaban J connectivity index is 2.58. The molecule has 0 aromatic heterocycles. The molecule has 0 saturated heterocycles. The fourth-order valence-electron chi connectivity index (χ4n) is 1.80. The Hall–Kier alpha value is -1.75. The number of ether oxygens (including phenoxy) is 2. The molecule has 1 atom stereocenters. The van der Waals surface area contributed by atoms with Gasteiger partial charge in [-0.05, 0) is 44.3 Å². The van der Waals surface area contributed by atoms with Crippen molar-refractivity contribution in [3.63, 3.8) is 0 Å². The van der Waals surface area contributed by atoms with Crippen LogP contribution in [0, 0.1) is 5.92 Å². The topological polar surface area (TPSA) is 50.8 Å². The lowest BCUT2D eigenvalue weighted by atomic mass is 10.0. The molecule has 1 aromatic carbocycles. The van der Waals surface area contributed by atoms with E-state index >= 15 is 0 Å². The van der Waals surface area contributed by atoms with Crippen molar-refractivity contribution in [1.82, 2.24) is 4.90 Å². The van der Waals surface area contributed by atoms with Crippen LogP contribution in [-0.4, -0.2) is 51.3 Å². The van der Waals surface area contributed by atoms with Gasteiger partial charge in [-0.1, -0.05) is 13.8 Å². The second-order valence-electron chi connectivity index (χ2n) is 5.57. The number of likely N-dealkylation sites (N-methyl/N-ethyl adjacent to an activating group) is 1. The first-order chi connectivity index (χ1) is 9.93. The minimum Gasteiger partial charge on any atom is -0.492 e. The molecule has 118 valence electrons. The van der Waals surface area contributed by atoms with E-state index in [1.165, 1.54) is 7.11 Å². The van der Waals surface area contributed by atoms with Gasteiger partial charge >= 0.3 is 5.97 Å². The average Bonchev–Trinajstić information content (AvgIpc) is 2.44. The molecule has 0 fully saturated rings. The number of methoxy groups -OCH3 is 1. The summed E-state index contributed by atoms with van der Waals surface area (Å²) in [5.41, 5.74) is 0.874. The molecule has 0 saturated carbocycles. The second kappa shape index (κ2) is 8.52. The summed E-state index contributed by atoms with van der Waals surface area (Å²) in [5.74, 6) is 0.714. The molecule has 0 heterocycles. The summed E-state index contributed by atoms with van der Waals surface area (Å²) in [7, 11) is 5.42. The summed E-state index contributed by atoms with van der Waals surface area (Å²) in [6.45, 7) is 5.48. The highest BCUT2D eigenvalue weighted by molar-refractivity contribution is 5.79. The predicted molar refractivity (Wildman–Crippen MR) is 84.8 cm³/mol. The Kier molecular flexibility index (Phi) is 7.02. The highest BCUT2D eigenvalue weighted by atomic mass is 16.5. The number of nitrogens with one attached hydrogen (secondary N) is 1. The summed E-state index contributed by atoms with van der Waals surface area (Å²) in [6, 6.07) is 7.25. The van der Waals surface area contributed by atoms with Gasteiger partial charge in [0.2, 0.25) is 0 Å². The summed E-state index contributed by atoms with van der Waals surface area (Å²) >= 11 is 0. The van der Waals surface area contributed by atoms with Crippen LogP contribution >= 0.6 is 0 Å². The standard InChI is InChI=1S/C16H26N2O3/c1-12(2)15(16(19)20-5)17-13-6-8-14(9-7-13)21-11-10-18(3)4/h6-9,12,15,17H,10-11H2,1-5H3. The van der Waals surface area contributed by atoms with Crippen molar-refractivity contribution in [3.05, 3.63) is 24.3 Å². The van der Waals surface area contributed by atoms with Crippen molar-refractivity contribution >= 4 is 11.7 Å². The zero-order valence-corrected chi connectivity index (χ0v) is 13.6. The maximum Gasteiger partial charge on any atom is 0.328 e. The smallest absolute Gasteiger partial charge is 0.328 e. The number of nitrogens with zero attached hydrogens (tertiary/aromatic N) is 1. The van der Waals surface area contributed by atoms with Crippen molar-refractivity contribution in [2.45, 2.75) is 19.9 Å². The zero-order valence-electron chi connectivity index (χ0n) is 13.6. The van der Waals surface area contributed by atoms with Gasteiger partial charge in [0.25, 0.3) is 0 Å². The molecule has 0 radical (unpaired) electrons. The van der Waals surface area contributed by atoms with E-state index in [0.29, 0.717) is 6.61 Å². The lowest BCUT2D eigenvalue weighted by molar-refractivity contribution is -0.142. The predicted octanol–water partition coefficient (Wildman–Crippen LogP) is 2.24. The lowest BCUT2D eigenvalue weighted by Gasteiger charge is -2.21. The first-order valence-electron chi connectivity index (χ1n) is 7.16. The molecule has 0 aliphatic heterocycles. The van der Waals surface area contributed by atoms with E-state index in [-0.39, 0.29) is 17.9 Å². The molecule has 5 nitrogen and oxygen atoms in total. The molecular weight excluding hydrogens is 268 g/mol. The molecular formula is C16H26N2O3. The summed E-state index contributed by atoms with van der Waals surface area (Å²) in [5, 5.41) is 3.19. The van der Waals surface area contributed by atoms with Crippen LogP contribution in [0.1, 0.15) is 13.8 Å². The van der Waals surface area contributed by atoms with Crippen LogP contribution in [0.5, 0.6) is 5.75 Å². The molecule has 5 heteroatoms. The van der Waals surface area contributed by atoms with Crippen LogP contribution in [0.3, 0.4) is 0 Å². The number of hydrogen-bond donors (Lipinski definition) is 1. The quantitative estimate of drug-likeness (QED) is 0.745. The summed E-state index contributed by atoms with van der Waals surface area (Å²) in [6.07, 6.45) is 0. The Bertz CT molecular complexity index is 430. The van der Waals surface area contributed by atoms with Crippen molar-refractivity contribution in [3.8, 4) is 5.75 Å². The van der Waals surface area contributed by atoms with Crippen LogP contribution in [0.15, 0.2) is 24.3 Å². The molecule has 21 heavy (non-hydrogen) atoms. The van der Waals surface area contributed by atoms with E-state index in [2.05, 4.69) is 10.2 Å². The second-order valence-corrected chi connectivity index (χ2v) is 5.57. The maximum atomic E-state index is 11.7. The van der Waals surface area contributed by atoms with Gasteiger partial charge in [-0.15, -0.1) is 0 Å². The minimum atomic E-state index is -0.351. The molecule has 1 N–H and O–H groups in total. The molecule has 1 unspecified atom stereocenters. The van der Waals surface area contributed by atoms with E-state index in [4.69, 9.17) is 9.47 Å². The van der Waals surface area contributed by atoms with Crippen molar-refractivity contribution < 1.29 is 14.3 Å². The Labute approximate surface area is 127 Å². The monoisotopic (exact) mass is 294 g/mol. The van der Waals surface area contributed by atoms with Gasteiger partial charge in [-0.3, -0.25) is 0 Å². The number of carbonyl (C=O) groups is 1. The molecule has 0 bridgehead atoms. The largest absolute Gasteiger partial charge is 0.492 e. The fourth-order valence-corrected chi connectivity index (χ4v) is 1.80. The molecule has 0 aliphatic carbocycles. The Morgan fingerprint density at radius 3 is 2.33 bits per heavy atom. The van der Waals surface area contributed by atoms with Gasteiger partial charge < -0.3 is 19.7 Å². The van der Waals surface area contributed by atoms with Crippen LogP contribution in [0.4, 0.5) is 5.69 Å². The third kappa shape index (κ3) is 6.04. The van der Waals surface area contributed by atoms with Crippen LogP contribution < -0.4 is 10.1 Å². The summed E-state index contributed by atoms with van der Waals surface area (Å²) < 4.78 is 10.4. The number of benzene rings is 1. The molecule has 0 amide bonds. The van der Waals surface area contributed by atoms with Gasteiger partial charge in [0.15, 0.2) is 0 Å². The van der Waals surface area contributed by atoms with Gasteiger partial charge in [0.1, 0.15) is 18.4 Å². The number of anilines is 1. The van der Waals surface area contributed by atoms with Crippen LogP contribution in [-0.2, 0) is 9.53 Å². The summed E-state index contributed by atoms with van der Waals surface area (Å²) in [4.78, 5) is 13.8.